The molecule has 0 bridgehead atoms. The van der Waals surface area contributed by atoms with Gasteiger partial charge in [-0.2, -0.15) is 0 Å². The van der Waals surface area contributed by atoms with Crippen molar-refractivity contribution in [1.82, 2.24) is 9.97 Å². The fourth-order valence-corrected chi connectivity index (χ4v) is 7.32. The molecule has 1 N–H and O–H groups in total. The average Bonchev–Trinajstić information content (AvgIpc) is 3.55. The highest BCUT2D eigenvalue weighted by Gasteiger charge is 2.47. The molecule has 0 fully saturated rings. The molecule has 0 amide bonds. The third-order valence-corrected chi connectivity index (χ3v) is 12.2. The number of pyridine rings is 2. The fraction of sp³-hybridized carbons (Fsp3) is 0.250. The highest BCUT2D eigenvalue weighted by molar-refractivity contribution is 6.70. The number of nitrogens with one attached hydrogen (secondary N) is 1. The molecular weight excluding hydrogens is 689 g/mol. The number of rotatable bonds is 4. The van der Waals surface area contributed by atoms with Gasteiger partial charge in [0.25, 0.3) is 0 Å². The third-order valence-electron chi connectivity index (χ3n) is 12.2. The normalized spacial score (nSPS) is 17.9. The van der Waals surface area contributed by atoms with Crippen LogP contribution in [-0.4, -0.2) is 51.3 Å². The van der Waals surface area contributed by atoms with Crippen molar-refractivity contribution >= 4 is 41.4 Å². The molecule has 0 saturated heterocycles. The zero-order valence-electron chi connectivity index (χ0n) is 33.2. The fourth-order valence-electron chi connectivity index (χ4n) is 7.32. The van der Waals surface area contributed by atoms with E-state index in [9.17, 15) is 0 Å². The monoisotopic (exact) mass is 734 g/mol. The summed E-state index contributed by atoms with van der Waals surface area (Å²) in [5.74, 6) is 1.17. The van der Waals surface area contributed by atoms with Gasteiger partial charge in [0.1, 0.15) is 22.6 Å². The summed E-state index contributed by atoms with van der Waals surface area (Å²) in [6.07, 6.45) is 3.83. The van der Waals surface area contributed by atoms with Crippen molar-refractivity contribution in [3.8, 4) is 44.5 Å². The number of aromatic nitrogens is 2. The number of fused-ring (bicyclic) bond motifs is 6. The van der Waals surface area contributed by atoms with Crippen LogP contribution in [0.15, 0.2) is 132 Å². The lowest BCUT2D eigenvalue weighted by molar-refractivity contribution is 0.0616. The molecule has 0 unspecified atom stereocenters. The Bertz CT molecular complexity index is 2410. The molecule has 4 aromatic carbocycles. The van der Waals surface area contributed by atoms with Gasteiger partial charge in [0.15, 0.2) is 7.28 Å². The van der Waals surface area contributed by atoms with Crippen LogP contribution in [0.4, 0.5) is 11.4 Å². The van der Waals surface area contributed by atoms with E-state index in [4.69, 9.17) is 29.4 Å². The number of benzene rings is 4. The smallest absolute Gasteiger partial charge is 0.236 e. The van der Waals surface area contributed by atoms with E-state index in [0.29, 0.717) is 11.8 Å². The van der Waals surface area contributed by atoms with E-state index < -0.39 is 11.2 Å². The molecule has 277 valence electrons. The van der Waals surface area contributed by atoms with Crippen molar-refractivity contribution < 1.29 is 9.47 Å². The maximum atomic E-state index is 6.24. The molecule has 6 aromatic rings. The van der Waals surface area contributed by atoms with E-state index in [1.165, 1.54) is 0 Å². The van der Waals surface area contributed by atoms with Crippen molar-refractivity contribution in [1.29, 1.82) is 0 Å². The van der Waals surface area contributed by atoms with Crippen molar-refractivity contribution in [2.24, 2.45) is 9.98 Å². The minimum Gasteiger partial charge on any atom is -0.468 e. The Hall–Kier alpha value is -6.02. The molecule has 5 heterocycles. The van der Waals surface area contributed by atoms with Crippen LogP contribution in [0.5, 0.6) is 0 Å². The Morgan fingerprint density at radius 3 is 1.25 bits per heavy atom. The zero-order chi connectivity index (χ0) is 39.0. The van der Waals surface area contributed by atoms with E-state index in [2.05, 4.69) is 165 Å². The highest BCUT2D eigenvalue weighted by Crippen LogP contribution is 2.41. The van der Waals surface area contributed by atoms with Crippen molar-refractivity contribution in [2.75, 3.05) is 5.32 Å². The molecule has 3 aliphatic rings. The summed E-state index contributed by atoms with van der Waals surface area (Å²) in [5.41, 5.74) is 12.9. The highest BCUT2D eigenvalue weighted by atomic mass is 16.5. The van der Waals surface area contributed by atoms with Gasteiger partial charge in [0, 0.05) is 46.0 Å². The summed E-state index contributed by atoms with van der Waals surface area (Å²) in [6.45, 7) is 16.6. The Labute approximate surface area is 330 Å². The standard InChI is InChI=1S/C48H45BN5O2/c1-45(2)47(5,6)55-43(53-45)41-23-19-31(27-50-41)29-17-21-39-35(25-29)33-13-9-11-15-37(33)49-38-16-12-10-14-34(38)36-26-30(18-22-40(36)52-39)32-20-24-42(51-28-32)44-54-46(3,4)48(7,8)56-44/h9-28,52H,1-8H3. The van der Waals surface area contributed by atoms with Crippen molar-refractivity contribution in [2.45, 2.75) is 77.7 Å². The molecule has 9 rings (SSSR count). The Kier molecular flexibility index (Phi) is 8.13. The lowest BCUT2D eigenvalue weighted by atomic mass is 9.59. The number of hydrogen-bond acceptors (Lipinski definition) is 7. The second-order valence-corrected chi connectivity index (χ2v) is 17.0. The third kappa shape index (κ3) is 6.08. The largest absolute Gasteiger partial charge is 0.468 e. The molecule has 0 saturated carbocycles. The van der Waals surface area contributed by atoms with Crippen LogP contribution in [0.3, 0.4) is 0 Å². The van der Waals surface area contributed by atoms with Crippen LogP contribution < -0.4 is 16.2 Å². The maximum Gasteiger partial charge on any atom is 0.236 e. The van der Waals surface area contributed by atoms with Crippen LogP contribution in [0, 0.1) is 0 Å². The summed E-state index contributed by atoms with van der Waals surface area (Å²) in [6, 6.07) is 38.6. The number of aliphatic imine (C=N–C) groups is 2. The van der Waals surface area contributed by atoms with Gasteiger partial charge in [0.05, 0.1) is 11.1 Å². The molecule has 2 aromatic heterocycles. The lowest BCUT2D eigenvalue weighted by Gasteiger charge is -2.30. The molecule has 0 spiro atoms. The minimum absolute atomic E-state index is 0.340. The molecule has 1 radical (unpaired) electrons. The molecule has 8 heteroatoms. The van der Waals surface area contributed by atoms with Crippen LogP contribution in [0.2, 0.25) is 0 Å². The quantitative estimate of drug-likeness (QED) is 0.182. The summed E-state index contributed by atoms with van der Waals surface area (Å²) in [4.78, 5) is 19.3. The van der Waals surface area contributed by atoms with Crippen LogP contribution >= 0.6 is 0 Å². The van der Waals surface area contributed by atoms with Crippen LogP contribution in [0.25, 0.3) is 44.5 Å². The first-order chi connectivity index (χ1) is 26.7. The van der Waals surface area contributed by atoms with Gasteiger partial charge in [-0.1, -0.05) is 83.7 Å². The van der Waals surface area contributed by atoms with Gasteiger partial charge in [-0.15, -0.1) is 0 Å². The predicted octanol–water partition coefficient (Wildman–Crippen LogP) is 9.52. The van der Waals surface area contributed by atoms with E-state index in [-0.39, 0.29) is 11.1 Å². The van der Waals surface area contributed by atoms with E-state index in [0.717, 1.165) is 78.2 Å². The first-order valence-corrected chi connectivity index (χ1v) is 19.3. The first-order valence-electron chi connectivity index (χ1n) is 19.3. The minimum atomic E-state index is -0.410. The van der Waals surface area contributed by atoms with Gasteiger partial charge >= 0.3 is 0 Å². The van der Waals surface area contributed by atoms with Gasteiger partial charge in [0.2, 0.25) is 11.8 Å². The molecule has 7 nitrogen and oxygen atoms in total. The van der Waals surface area contributed by atoms with Gasteiger partial charge in [-0.25, -0.2) is 9.98 Å². The van der Waals surface area contributed by atoms with Crippen molar-refractivity contribution in [3.05, 3.63) is 133 Å². The first kappa shape index (κ1) is 35.7. The number of hydrogen-bond donors (Lipinski definition) is 1. The Balaban J connectivity index is 1.10. The van der Waals surface area contributed by atoms with Crippen LogP contribution in [-0.2, 0) is 9.47 Å². The van der Waals surface area contributed by atoms with Gasteiger partial charge in [-0.05, 0) is 114 Å². The van der Waals surface area contributed by atoms with E-state index in [1.54, 1.807) is 0 Å². The molecule has 0 aliphatic carbocycles. The maximum absolute atomic E-state index is 6.24. The molecule has 3 aliphatic heterocycles. The number of anilines is 2. The van der Waals surface area contributed by atoms with Crippen molar-refractivity contribution in [3.63, 3.8) is 0 Å². The van der Waals surface area contributed by atoms with E-state index >= 15 is 0 Å². The second-order valence-electron chi connectivity index (χ2n) is 17.0. The molecule has 56 heavy (non-hydrogen) atoms. The summed E-state index contributed by atoms with van der Waals surface area (Å²) in [5, 5.41) is 3.86. The summed E-state index contributed by atoms with van der Waals surface area (Å²) < 4.78 is 12.5. The number of nitrogens with zero attached hydrogens (tertiary/aromatic N) is 4. The van der Waals surface area contributed by atoms with E-state index in [1.807, 2.05) is 24.5 Å². The Morgan fingerprint density at radius 1 is 0.464 bits per heavy atom. The van der Waals surface area contributed by atoms with Gasteiger partial charge in [-0.3, -0.25) is 9.97 Å². The molecular formula is C48H45BN5O2. The lowest BCUT2D eigenvalue weighted by Crippen LogP contribution is -2.41. The average molecular weight is 735 g/mol. The predicted molar refractivity (Wildman–Crippen MR) is 230 cm³/mol. The topological polar surface area (TPSA) is 81.0 Å². The zero-order valence-corrected chi connectivity index (χ0v) is 33.2. The Morgan fingerprint density at radius 2 is 0.875 bits per heavy atom. The second kappa shape index (κ2) is 12.8. The summed E-state index contributed by atoms with van der Waals surface area (Å²) in [7, 11) is 2.30. The summed E-state index contributed by atoms with van der Waals surface area (Å²) >= 11 is 0. The van der Waals surface area contributed by atoms with Gasteiger partial charge < -0.3 is 14.8 Å². The molecule has 0 atom stereocenters. The van der Waals surface area contributed by atoms with Crippen LogP contribution in [0.1, 0.15) is 66.8 Å². The SMILES string of the molecule is CC1(C)N=C(c2ccc(-c3ccc4c(c3)-c3ccccc3[B]c3ccccc3-c3cc(-c5ccc(C6=NC(C)(C)C(C)(C)O6)nc5)ccc3N4)cn2)OC1(C)C. The number of ether oxygens (including phenoxy) is 2.